The molecule has 2 N–H and O–H groups in total. The highest BCUT2D eigenvalue weighted by molar-refractivity contribution is 14.1. The number of pyridine rings is 1. The van der Waals surface area contributed by atoms with Crippen LogP contribution < -0.4 is 5.73 Å². The molecular weight excluding hydrogens is 346 g/mol. The first-order chi connectivity index (χ1) is 7.56. The number of ether oxygens (including phenoxy) is 1. The van der Waals surface area contributed by atoms with Gasteiger partial charge < -0.3 is 10.5 Å². The van der Waals surface area contributed by atoms with Crippen molar-refractivity contribution in [3.8, 4) is 0 Å². The fourth-order valence-electron chi connectivity index (χ4n) is 1.15. The summed E-state index contributed by atoms with van der Waals surface area (Å²) in [5.41, 5.74) is 5.80. The number of nitrogens with zero attached hydrogens (tertiary/aromatic N) is 1. The van der Waals surface area contributed by atoms with E-state index in [4.69, 9.17) is 5.73 Å². The first kappa shape index (κ1) is 13.5. The Morgan fingerprint density at radius 1 is 1.69 bits per heavy atom. The Morgan fingerprint density at radius 3 is 2.75 bits per heavy atom. The van der Waals surface area contributed by atoms with Crippen molar-refractivity contribution < 1.29 is 13.9 Å². The van der Waals surface area contributed by atoms with Crippen molar-refractivity contribution in [2.45, 2.75) is 9.32 Å². The highest BCUT2D eigenvalue weighted by atomic mass is 127. The molecule has 0 radical (unpaired) electrons. The lowest BCUT2D eigenvalue weighted by molar-refractivity contribution is 0.0589. The SMILES string of the molecule is COC(=O)c1nc(CI)c(F)c(N)c1SC. The zero-order chi connectivity index (χ0) is 12.3. The van der Waals surface area contributed by atoms with Crippen LogP contribution in [0.2, 0.25) is 0 Å². The van der Waals surface area contributed by atoms with Gasteiger partial charge in [0.25, 0.3) is 0 Å². The van der Waals surface area contributed by atoms with Crippen molar-refractivity contribution in [1.29, 1.82) is 0 Å². The van der Waals surface area contributed by atoms with Crippen LogP contribution in [0.4, 0.5) is 10.1 Å². The molecule has 0 aromatic carbocycles. The average molecular weight is 356 g/mol. The van der Waals surface area contributed by atoms with Crippen molar-refractivity contribution in [2.75, 3.05) is 19.1 Å². The first-order valence-corrected chi connectivity index (χ1v) is 6.97. The van der Waals surface area contributed by atoms with E-state index in [9.17, 15) is 9.18 Å². The number of hydrogen-bond donors (Lipinski definition) is 1. The number of alkyl halides is 1. The fourth-order valence-corrected chi connectivity index (χ4v) is 2.28. The summed E-state index contributed by atoms with van der Waals surface area (Å²) in [6.45, 7) is 0. The smallest absolute Gasteiger partial charge is 0.357 e. The number of hydrogen-bond acceptors (Lipinski definition) is 5. The lowest BCUT2D eigenvalue weighted by Gasteiger charge is -2.11. The summed E-state index contributed by atoms with van der Waals surface area (Å²) < 4.78 is 18.6. The largest absolute Gasteiger partial charge is 0.464 e. The Bertz CT molecular complexity index is 428. The van der Waals surface area contributed by atoms with E-state index < -0.39 is 11.8 Å². The standard InChI is InChI=1S/C9H10FIN2O2S/c1-15-9(14)7-8(16-2)6(12)5(10)4(3-11)13-7/h3H2,1-2H3,(H2,12,13). The van der Waals surface area contributed by atoms with Gasteiger partial charge in [0, 0.05) is 4.43 Å². The number of thioether (sulfide) groups is 1. The molecule has 88 valence electrons. The maximum Gasteiger partial charge on any atom is 0.357 e. The average Bonchev–Trinajstić information content (AvgIpc) is 2.31. The van der Waals surface area contributed by atoms with Gasteiger partial charge in [0.15, 0.2) is 11.5 Å². The number of carbonyl (C=O) groups is 1. The number of esters is 1. The summed E-state index contributed by atoms with van der Waals surface area (Å²) in [6, 6.07) is 0. The highest BCUT2D eigenvalue weighted by Gasteiger charge is 2.21. The molecule has 0 saturated heterocycles. The monoisotopic (exact) mass is 356 g/mol. The number of nitrogens with two attached hydrogens (primary N) is 1. The van der Waals surface area contributed by atoms with Gasteiger partial charge in [0.05, 0.1) is 23.4 Å². The van der Waals surface area contributed by atoms with Crippen LogP contribution in [-0.2, 0) is 9.16 Å². The van der Waals surface area contributed by atoms with E-state index in [1.165, 1.54) is 18.9 Å². The van der Waals surface area contributed by atoms with Gasteiger partial charge >= 0.3 is 5.97 Å². The van der Waals surface area contributed by atoms with Gasteiger partial charge in [-0.05, 0) is 6.26 Å². The summed E-state index contributed by atoms with van der Waals surface area (Å²) in [5.74, 6) is -1.17. The second-order valence-corrected chi connectivity index (χ2v) is 4.37. The number of rotatable bonds is 3. The molecule has 0 atom stereocenters. The van der Waals surface area contributed by atoms with E-state index in [2.05, 4.69) is 9.72 Å². The number of carbonyl (C=O) groups excluding carboxylic acids is 1. The summed E-state index contributed by atoms with van der Waals surface area (Å²) in [4.78, 5) is 15.7. The quantitative estimate of drug-likeness (QED) is 0.390. The van der Waals surface area contributed by atoms with E-state index in [-0.39, 0.29) is 17.1 Å². The number of methoxy groups -OCH3 is 1. The molecule has 1 heterocycles. The van der Waals surface area contributed by atoms with Gasteiger partial charge in [0.1, 0.15) is 0 Å². The minimum atomic E-state index is -0.609. The van der Waals surface area contributed by atoms with E-state index in [1.807, 2.05) is 22.6 Å². The second-order valence-electron chi connectivity index (χ2n) is 2.79. The molecule has 7 heteroatoms. The molecule has 0 aliphatic carbocycles. The third-order valence-electron chi connectivity index (χ3n) is 1.91. The molecule has 0 fully saturated rings. The Kier molecular flexibility index (Phi) is 4.78. The van der Waals surface area contributed by atoms with Crippen molar-refractivity contribution in [2.24, 2.45) is 0 Å². The lowest BCUT2D eigenvalue weighted by Crippen LogP contribution is -2.12. The minimum Gasteiger partial charge on any atom is -0.464 e. The van der Waals surface area contributed by atoms with Gasteiger partial charge in [-0.1, -0.05) is 22.6 Å². The Morgan fingerprint density at radius 2 is 2.31 bits per heavy atom. The predicted molar refractivity (Wildman–Crippen MR) is 69.5 cm³/mol. The van der Waals surface area contributed by atoms with Crippen LogP contribution in [0, 0.1) is 5.82 Å². The number of halogens is 2. The maximum atomic E-state index is 13.6. The molecule has 0 amide bonds. The lowest BCUT2D eigenvalue weighted by atomic mass is 10.2. The van der Waals surface area contributed by atoms with Gasteiger partial charge in [0.2, 0.25) is 0 Å². The molecule has 0 aliphatic heterocycles. The van der Waals surface area contributed by atoms with E-state index in [0.29, 0.717) is 9.32 Å². The van der Waals surface area contributed by atoms with E-state index in [1.54, 1.807) is 6.26 Å². The molecule has 0 unspecified atom stereocenters. The van der Waals surface area contributed by atoms with Gasteiger partial charge in [-0.2, -0.15) is 0 Å². The third-order valence-corrected chi connectivity index (χ3v) is 3.45. The van der Waals surface area contributed by atoms with Gasteiger partial charge in [-0.3, -0.25) is 0 Å². The molecule has 0 spiro atoms. The van der Waals surface area contributed by atoms with Gasteiger partial charge in [-0.15, -0.1) is 11.8 Å². The minimum absolute atomic E-state index is 0.0467. The Hall–Kier alpha value is -0.570. The number of nitrogen functional groups attached to an aromatic ring is 1. The molecule has 1 aromatic heterocycles. The maximum absolute atomic E-state index is 13.6. The van der Waals surface area contributed by atoms with Gasteiger partial charge in [-0.25, -0.2) is 14.2 Å². The number of aromatic nitrogens is 1. The van der Waals surface area contributed by atoms with E-state index in [0.717, 1.165) is 0 Å². The van der Waals surface area contributed by atoms with Crippen molar-refractivity contribution in [3.05, 3.63) is 17.2 Å². The molecular formula is C9H10FIN2O2S. The second kappa shape index (κ2) is 5.67. The van der Waals surface area contributed by atoms with Crippen LogP contribution in [0.3, 0.4) is 0 Å². The van der Waals surface area contributed by atoms with Crippen LogP contribution in [-0.4, -0.2) is 24.3 Å². The molecule has 4 nitrogen and oxygen atoms in total. The van der Waals surface area contributed by atoms with Crippen LogP contribution >= 0.6 is 34.4 Å². The van der Waals surface area contributed by atoms with Crippen molar-refractivity contribution >= 4 is 46.0 Å². The first-order valence-electron chi connectivity index (χ1n) is 4.22. The Labute approximate surface area is 110 Å². The third kappa shape index (κ3) is 2.40. The summed E-state index contributed by atoms with van der Waals surface area (Å²) >= 11 is 3.12. The Balaban J connectivity index is 3.47. The van der Waals surface area contributed by atoms with Crippen molar-refractivity contribution in [3.63, 3.8) is 0 Å². The normalized spacial score (nSPS) is 10.2. The molecule has 0 saturated carbocycles. The molecule has 0 bridgehead atoms. The van der Waals surface area contributed by atoms with Crippen LogP contribution in [0.25, 0.3) is 0 Å². The topological polar surface area (TPSA) is 65.2 Å². The molecule has 1 aromatic rings. The summed E-state index contributed by atoms with van der Waals surface area (Å²) in [7, 11) is 1.25. The summed E-state index contributed by atoms with van der Waals surface area (Å²) in [5, 5.41) is 0. The number of anilines is 1. The zero-order valence-corrected chi connectivity index (χ0v) is 11.7. The molecule has 16 heavy (non-hydrogen) atoms. The molecule has 0 aliphatic rings. The van der Waals surface area contributed by atoms with Crippen LogP contribution in [0.5, 0.6) is 0 Å². The van der Waals surface area contributed by atoms with Crippen LogP contribution in [0.15, 0.2) is 4.90 Å². The van der Waals surface area contributed by atoms with E-state index >= 15 is 0 Å². The van der Waals surface area contributed by atoms with Crippen molar-refractivity contribution in [1.82, 2.24) is 4.98 Å². The zero-order valence-electron chi connectivity index (χ0n) is 8.71. The highest BCUT2D eigenvalue weighted by Crippen LogP contribution is 2.30. The fraction of sp³-hybridized carbons (Fsp3) is 0.333. The predicted octanol–water partition coefficient (Wildman–Crippen LogP) is 2.25. The van der Waals surface area contributed by atoms with Crippen LogP contribution in [0.1, 0.15) is 16.2 Å². The molecule has 1 rings (SSSR count). The summed E-state index contributed by atoms with van der Waals surface area (Å²) in [6.07, 6.45) is 1.70.